The Hall–Kier alpha value is -3.84. The van der Waals surface area contributed by atoms with Gasteiger partial charge in [0, 0.05) is 29.2 Å². The molecule has 0 spiro atoms. The number of ether oxygens (including phenoxy) is 1. The maximum Gasteiger partial charge on any atom is 0.344 e. The standard InChI is InChI=1S/C33H36ClFN2O4/c1-18(23-14-24(33(4,5)6)17-25(35)15-23)36-31(38)22-9-10-26-27(19(2)37(7)29(26)16-22)12-21-8-11-28(34)30(13-21)41-20(3)32(39)40/h8-11,13-18,20H,12H2,1-7H3,(H,36,38)(H,39,40)/t18-,20-/m0/s1. The van der Waals surface area contributed by atoms with Gasteiger partial charge < -0.3 is 19.7 Å². The van der Waals surface area contributed by atoms with Crippen molar-refractivity contribution in [3.63, 3.8) is 0 Å². The normalized spacial score (nSPS) is 13.2. The van der Waals surface area contributed by atoms with Crippen LogP contribution < -0.4 is 10.1 Å². The van der Waals surface area contributed by atoms with Crippen molar-refractivity contribution in [2.45, 2.75) is 65.5 Å². The summed E-state index contributed by atoms with van der Waals surface area (Å²) in [7, 11) is 1.96. The molecule has 2 atom stereocenters. The van der Waals surface area contributed by atoms with Crippen molar-refractivity contribution in [3.8, 4) is 5.75 Å². The van der Waals surface area contributed by atoms with Gasteiger partial charge in [-0.15, -0.1) is 0 Å². The maximum atomic E-state index is 14.4. The largest absolute Gasteiger partial charge is 0.479 e. The quantitative estimate of drug-likeness (QED) is 0.227. The van der Waals surface area contributed by atoms with Gasteiger partial charge in [0.15, 0.2) is 6.10 Å². The summed E-state index contributed by atoms with van der Waals surface area (Å²) in [6.07, 6.45) is -0.466. The Labute approximate surface area is 245 Å². The minimum atomic E-state index is -1.07. The van der Waals surface area contributed by atoms with Gasteiger partial charge in [0.2, 0.25) is 0 Å². The molecular formula is C33H36ClFN2O4. The lowest BCUT2D eigenvalue weighted by Crippen LogP contribution is -2.27. The van der Waals surface area contributed by atoms with E-state index in [4.69, 9.17) is 16.3 Å². The van der Waals surface area contributed by atoms with Gasteiger partial charge in [-0.25, -0.2) is 9.18 Å². The van der Waals surface area contributed by atoms with E-state index < -0.39 is 12.1 Å². The lowest BCUT2D eigenvalue weighted by atomic mass is 9.85. The molecule has 4 rings (SSSR count). The number of carboxylic acids is 1. The molecule has 0 unspecified atom stereocenters. The fourth-order valence-corrected chi connectivity index (χ4v) is 5.02. The van der Waals surface area contributed by atoms with Gasteiger partial charge in [-0.1, -0.05) is 50.6 Å². The highest BCUT2D eigenvalue weighted by molar-refractivity contribution is 6.32. The molecule has 0 radical (unpaired) electrons. The van der Waals surface area contributed by atoms with Crippen LogP contribution in [0.1, 0.15) is 79.0 Å². The van der Waals surface area contributed by atoms with Crippen LogP contribution in [-0.4, -0.2) is 27.7 Å². The highest BCUT2D eigenvalue weighted by atomic mass is 35.5. The molecule has 6 nitrogen and oxygen atoms in total. The number of carbonyl (C=O) groups is 2. The minimum absolute atomic E-state index is 0.217. The zero-order chi connectivity index (χ0) is 30.2. The van der Waals surface area contributed by atoms with Crippen molar-refractivity contribution < 1.29 is 23.8 Å². The number of aromatic nitrogens is 1. The number of carbonyl (C=O) groups excluding carboxylic acids is 1. The van der Waals surface area contributed by atoms with E-state index in [9.17, 15) is 19.1 Å². The highest BCUT2D eigenvalue weighted by Gasteiger charge is 2.21. The van der Waals surface area contributed by atoms with E-state index in [0.717, 1.165) is 33.3 Å². The number of hydrogen-bond acceptors (Lipinski definition) is 3. The Bertz CT molecular complexity index is 1640. The molecule has 0 aliphatic rings. The van der Waals surface area contributed by atoms with Gasteiger partial charge in [-0.05, 0) is 91.3 Å². The number of nitrogens with zero attached hydrogens (tertiary/aromatic N) is 1. The number of carboxylic acid groups (broad SMARTS) is 1. The van der Waals surface area contributed by atoms with Gasteiger partial charge >= 0.3 is 5.97 Å². The Morgan fingerprint density at radius 1 is 1.07 bits per heavy atom. The van der Waals surface area contributed by atoms with E-state index in [1.54, 1.807) is 18.2 Å². The predicted molar refractivity (Wildman–Crippen MR) is 161 cm³/mol. The fourth-order valence-electron chi connectivity index (χ4n) is 4.86. The monoisotopic (exact) mass is 578 g/mol. The number of aryl methyl sites for hydroxylation is 1. The first kappa shape index (κ1) is 30.1. The van der Waals surface area contributed by atoms with Gasteiger partial charge in [-0.2, -0.15) is 0 Å². The summed E-state index contributed by atoms with van der Waals surface area (Å²) >= 11 is 6.26. The summed E-state index contributed by atoms with van der Waals surface area (Å²) in [5.41, 5.74) is 5.82. The summed E-state index contributed by atoms with van der Waals surface area (Å²) in [5, 5.41) is 13.6. The molecule has 2 N–H and O–H groups in total. The van der Waals surface area contributed by atoms with Crippen LogP contribution in [0, 0.1) is 12.7 Å². The van der Waals surface area contributed by atoms with Crippen LogP contribution in [0.3, 0.4) is 0 Å². The lowest BCUT2D eigenvalue weighted by molar-refractivity contribution is -0.144. The Balaban J connectivity index is 1.59. The van der Waals surface area contributed by atoms with Crippen LogP contribution in [0.4, 0.5) is 4.39 Å². The van der Waals surface area contributed by atoms with Crippen molar-refractivity contribution >= 4 is 34.4 Å². The molecule has 0 aliphatic carbocycles. The first-order chi connectivity index (χ1) is 19.1. The molecule has 0 fully saturated rings. The summed E-state index contributed by atoms with van der Waals surface area (Å²) in [4.78, 5) is 24.5. The maximum absolute atomic E-state index is 14.4. The first-order valence-corrected chi connectivity index (χ1v) is 13.9. The zero-order valence-electron chi connectivity index (χ0n) is 24.4. The fraction of sp³-hybridized carbons (Fsp3) is 0.333. The number of amides is 1. The number of benzene rings is 3. The highest BCUT2D eigenvalue weighted by Crippen LogP contribution is 2.32. The van der Waals surface area contributed by atoms with Gasteiger partial charge in [-0.3, -0.25) is 4.79 Å². The van der Waals surface area contributed by atoms with Crippen LogP contribution in [0.5, 0.6) is 5.75 Å². The molecule has 3 aromatic carbocycles. The third kappa shape index (κ3) is 6.57. The van der Waals surface area contributed by atoms with Crippen LogP contribution >= 0.6 is 11.6 Å². The van der Waals surface area contributed by atoms with Crippen LogP contribution in [-0.2, 0) is 23.7 Å². The van der Waals surface area contributed by atoms with E-state index in [2.05, 4.69) is 5.32 Å². The topological polar surface area (TPSA) is 80.6 Å². The van der Waals surface area contributed by atoms with Crippen molar-refractivity contribution in [1.82, 2.24) is 9.88 Å². The van der Waals surface area contributed by atoms with Crippen molar-refractivity contribution in [2.75, 3.05) is 0 Å². The number of hydrogen-bond donors (Lipinski definition) is 2. The van der Waals surface area contributed by atoms with E-state index in [0.29, 0.717) is 28.3 Å². The summed E-state index contributed by atoms with van der Waals surface area (Å²) in [5.74, 6) is -1.32. The third-order valence-electron chi connectivity index (χ3n) is 7.55. The van der Waals surface area contributed by atoms with Gasteiger partial charge in [0.25, 0.3) is 5.91 Å². The molecular weight excluding hydrogens is 543 g/mol. The Morgan fingerprint density at radius 2 is 1.78 bits per heavy atom. The van der Waals surface area contributed by atoms with Gasteiger partial charge in [0.1, 0.15) is 11.6 Å². The summed E-state index contributed by atoms with van der Waals surface area (Å²) in [6.45, 7) is 11.4. The number of rotatable bonds is 8. The second-order valence-electron chi connectivity index (χ2n) is 11.6. The molecule has 0 aliphatic heterocycles. The number of aliphatic carboxylic acids is 1. The predicted octanol–water partition coefficient (Wildman–Crippen LogP) is 7.51. The summed E-state index contributed by atoms with van der Waals surface area (Å²) < 4.78 is 22.0. The molecule has 4 aromatic rings. The third-order valence-corrected chi connectivity index (χ3v) is 7.86. The number of fused-ring (bicyclic) bond motifs is 1. The van der Waals surface area contributed by atoms with Crippen LogP contribution in [0.15, 0.2) is 54.6 Å². The van der Waals surface area contributed by atoms with Crippen LogP contribution in [0.2, 0.25) is 5.02 Å². The molecule has 41 heavy (non-hydrogen) atoms. The summed E-state index contributed by atoms with van der Waals surface area (Å²) in [6, 6.07) is 15.5. The van der Waals surface area contributed by atoms with E-state index in [-0.39, 0.29) is 23.2 Å². The minimum Gasteiger partial charge on any atom is -0.479 e. The van der Waals surface area contributed by atoms with Crippen molar-refractivity contribution in [2.24, 2.45) is 7.05 Å². The average Bonchev–Trinajstić information content (AvgIpc) is 3.13. The van der Waals surface area contributed by atoms with Crippen molar-refractivity contribution in [1.29, 1.82) is 0 Å². The zero-order valence-corrected chi connectivity index (χ0v) is 25.2. The number of halogens is 2. The smallest absolute Gasteiger partial charge is 0.344 e. The average molecular weight is 579 g/mol. The second-order valence-corrected chi connectivity index (χ2v) is 12.0. The molecule has 0 saturated carbocycles. The molecule has 1 heterocycles. The number of nitrogens with one attached hydrogen (secondary N) is 1. The van der Waals surface area contributed by atoms with E-state index in [1.807, 2.05) is 70.5 Å². The lowest BCUT2D eigenvalue weighted by Gasteiger charge is -2.22. The first-order valence-electron chi connectivity index (χ1n) is 13.5. The Morgan fingerprint density at radius 3 is 2.44 bits per heavy atom. The molecule has 216 valence electrons. The molecule has 1 amide bonds. The van der Waals surface area contributed by atoms with E-state index >= 15 is 0 Å². The molecule has 1 aromatic heterocycles. The molecule has 8 heteroatoms. The second kappa shape index (κ2) is 11.6. The molecule has 0 saturated heterocycles. The van der Waals surface area contributed by atoms with Gasteiger partial charge in [0.05, 0.1) is 11.1 Å². The SMILES string of the molecule is Cc1c(Cc2ccc(Cl)c(O[C@@H](C)C(=O)O)c2)c2ccc(C(=O)N[C@@H](C)c3cc(F)cc(C(C)(C)C)c3)cc2n1C. The van der Waals surface area contributed by atoms with Crippen LogP contribution in [0.25, 0.3) is 10.9 Å². The molecule has 0 bridgehead atoms. The van der Waals surface area contributed by atoms with E-state index in [1.165, 1.54) is 19.1 Å². The Kier molecular flexibility index (Phi) is 8.50. The van der Waals surface area contributed by atoms with Crippen molar-refractivity contribution in [3.05, 3.63) is 98.9 Å².